The Hall–Kier alpha value is -10.3. The normalized spacial score (nSPS) is 13.4. The Bertz CT molecular complexity index is 5430. The number of hydrogen-bond donors (Lipinski definition) is 0. The van der Waals surface area contributed by atoms with Crippen LogP contribution >= 0.6 is 0 Å². The van der Waals surface area contributed by atoms with Crippen LogP contribution in [0, 0.1) is 0 Å². The van der Waals surface area contributed by atoms with E-state index in [1.54, 1.807) is 0 Å². The highest BCUT2D eigenvalue weighted by Gasteiger charge is 2.42. The SMILES string of the molecule is CC(C)(C)c1cccc2c1oc1ccc(N(c3ccc(-c4ccccc4)cc3)c3ccc4c(c3)C(C)(C)c3c-4n4c5oc6cc(N(c7ccc(-c8ccccc8)cc7)c7ccc8oc9c(C(C)(C)C)cccc9c8c7)ccc6c5c5cccc3c54)cc12. The summed E-state index contributed by atoms with van der Waals surface area (Å²) in [4.78, 5) is 4.76. The van der Waals surface area contributed by atoms with E-state index < -0.39 is 0 Å². The van der Waals surface area contributed by atoms with Crippen molar-refractivity contribution in [2.24, 2.45) is 0 Å². The number of hydrogen-bond acceptors (Lipinski definition) is 5. The third-order valence-electron chi connectivity index (χ3n) is 18.7. The van der Waals surface area contributed by atoms with Gasteiger partial charge in [0.05, 0.1) is 16.6 Å². The van der Waals surface area contributed by atoms with Gasteiger partial charge in [0.15, 0.2) is 0 Å². The molecule has 11 aromatic carbocycles. The van der Waals surface area contributed by atoms with Gasteiger partial charge in [-0.2, -0.15) is 0 Å². The minimum absolute atomic E-state index is 0.0775. The van der Waals surface area contributed by atoms with Crippen LogP contribution < -0.4 is 9.80 Å². The summed E-state index contributed by atoms with van der Waals surface area (Å²) in [6, 6.07) is 86.2. The second-order valence-electron chi connectivity index (χ2n) is 26.5. The van der Waals surface area contributed by atoms with Gasteiger partial charge in [-0.1, -0.05) is 201 Å². The highest BCUT2D eigenvalue weighted by Crippen LogP contribution is 2.57. The Morgan fingerprint density at radius 3 is 1.34 bits per heavy atom. The predicted molar refractivity (Wildman–Crippen MR) is 363 cm³/mol. The summed E-state index contributed by atoms with van der Waals surface area (Å²) in [6.07, 6.45) is 0. The van der Waals surface area contributed by atoms with Crippen molar-refractivity contribution in [3.63, 3.8) is 0 Å². The Morgan fingerprint density at radius 1 is 0.356 bits per heavy atom. The summed E-state index contributed by atoms with van der Waals surface area (Å²) in [5.74, 6) is 0. The summed E-state index contributed by atoms with van der Waals surface area (Å²) in [7, 11) is 0. The third kappa shape index (κ3) is 7.66. The molecule has 0 fully saturated rings. The molecule has 1 aliphatic carbocycles. The van der Waals surface area contributed by atoms with E-state index in [9.17, 15) is 0 Å². The molecule has 0 N–H and O–H groups in total. The van der Waals surface area contributed by atoms with Crippen LogP contribution in [0.5, 0.6) is 0 Å². The van der Waals surface area contributed by atoms with Gasteiger partial charge in [0, 0.05) is 100.0 Å². The first-order valence-corrected chi connectivity index (χ1v) is 30.4. The number of nitrogens with zero attached hydrogens (tertiary/aromatic N) is 3. The minimum atomic E-state index is -0.358. The molecule has 0 aliphatic heterocycles. The van der Waals surface area contributed by atoms with Gasteiger partial charge >= 0.3 is 0 Å². The topological polar surface area (TPSA) is 50.3 Å². The fourth-order valence-corrected chi connectivity index (χ4v) is 14.6. The van der Waals surface area contributed by atoms with E-state index in [1.807, 2.05) is 0 Å². The van der Waals surface area contributed by atoms with Crippen molar-refractivity contribution in [1.29, 1.82) is 0 Å². The Balaban J connectivity index is 0.820. The fourth-order valence-electron chi connectivity index (χ4n) is 14.6. The summed E-state index contributed by atoms with van der Waals surface area (Å²) in [5.41, 5.74) is 24.4. The van der Waals surface area contributed by atoms with Gasteiger partial charge in [-0.05, 0) is 129 Å². The van der Waals surface area contributed by atoms with Crippen LogP contribution in [0.3, 0.4) is 0 Å². The zero-order valence-corrected chi connectivity index (χ0v) is 50.1. The molecular weight excluding hydrogens is 1060 g/mol. The largest absolute Gasteiger partial charge is 0.456 e. The van der Waals surface area contributed by atoms with Crippen LogP contribution in [0.25, 0.3) is 116 Å². The van der Waals surface area contributed by atoms with Crippen LogP contribution in [0.1, 0.15) is 77.6 Å². The maximum Gasteiger partial charge on any atom is 0.213 e. The predicted octanol–water partition coefficient (Wildman–Crippen LogP) is 23.4. The number of anilines is 6. The lowest BCUT2D eigenvalue weighted by molar-refractivity contribution is 0.572. The molecule has 0 saturated carbocycles. The van der Waals surface area contributed by atoms with Gasteiger partial charge in [0.25, 0.3) is 0 Å². The van der Waals surface area contributed by atoms with Gasteiger partial charge in [0.2, 0.25) is 5.71 Å². The first-order valence-electron chi connectivity index (χ1n) is 30.4. The van der Waals surface area contributed by atoms with Crippen molar-refractivity contribution in [2.45, 2.75) is 71.6 Å². The first-order chi connectivity index (χ1) is 42.2. The van der Waals surface area contributed by atoms with Crippen LogP contribution in [-0.4, -0.2) is 4.40 Å². The van der Waals surface area contributed by atoms with Crippen molar-refractivity contribution in [2.75, 3.05) is 9.80 Å². The van der Waals surface area contributed by atoms with Crippen molar-refractivity contribution in [3.8, 4) is 33.5 Å². The molecular formula is C81H63N3O3. The molecule has 5 heterocycles. The summed E-state index contributed by atoms with van der Waals surface area (Å²) in [5, 5.41) is 9.08. The zero-order valence-electron chi connectivity index (χ0n) is 50.1. The summed E-state index contributed by atoms with van der Waals surface area (Å²) in [6.45, 7) is 18.3. The first kappa shape index (κ1) is 51.1. The number of furan rings is 3. The van der Waals surface area contributed by atoms with Crippen LogP contribution in [0.2, 0.25) is 0 Å². The molecule has 6 nitrogen and oxygen atoms in total. The lowest BCUT2D eigenvalue weighted by atomic mass is 9.81. The number of benzene rings is 11. The number of rotatable bonds is 8. The molecule has 0 amide bonds. The molecule has 87 heavy (non-hydrogen) atoms. The molecule has 16 aromatic rings. The molecule has 17 rings (SSSR count). The molecule has 420 valence electrons. The van der Waals surface area contributed by atoms with Crippen LogP contribution in [0.4, 0.5) is 34.1 Å². The van der Waals surface area contributed by atoms with E-state index in [-0.39, 0.29) is 16.2 Å². The molecule has 0 bridgehead atoms. The average molecular weight is 1130 g/mol. The molecule has 0 unspecified atom stereocenters. The smallest absolute Gasteiger partial charge is 0.213 e. The molecule has 1 aliphatic rings. The Morgan fingerprint density at radius 2 is 0.805 bits per heavy atom. The maximum atomic E-state index is 7.36. The maximum absolute atomic E-state index is 7.36. The zero-order chi connectivity index (χ0) is 58.8. The van der Waals surface area contributed by atoms with E-state index in [2.05, 4.69) is 306 Å². The van der Waals surface area contributed by atoms with E-state index in [0.29, 0.717) is 0 Å². The summed E-state index contributed by atoms with van der Waals surface area (Å²) < 4.78 is 23.2. The Labute approximate surface area is 505 Å². The quantitative estimate of drug-likeness (QED) is 0.152. The number of para-hydroxylation sites is 3. The minimum Gasteiger partial charge on any atom is -0.456 e. The second-order valence-corrected chi connectivity index (χ2v) is 26.5. The van der Waals surface area contributed by atoms with Crippen molar-refractivity contribution >= 4 is 116 Å². The van der Waals surface area contributed by atoms with Gasteiger partial charge in [0.1, 0.15) is 27.9 Å². The molecule has 6 heteroatoms. The number of aromatic nitrogens is 1. The lowest BCUT2D eigenvalue weighted by Gasteiger charge is -2.28. The molecule has 5 aromatic heterocycles. The Kier molecular flexibility index (Phi) is 10.8. The third-order valence-corrected chi connectivity index (χ3v) is 18.7. The van der Waals surface area contributed by atoms with Crippen molar-refractivity contribution in [3.05, 3.63) is 259 Å². The van der Waals surface area contributed by atoms with E-state index >= 15 is 0 Å². The van der Waals surface area contributed by atoms with Crippen LogP contribution in [0.15, 0.2) is 250 Å². The average Bonchev–Trinajstić information content (AvgIpc) is 1.51. The summed E-state index contributed by atoms with van der Waals surface area (Å²) >= 11 is 0. The van der Waals surface area contributed by atoms with Gasteiger partial charge in [-0.25, -0.2) is 0 Å². The van der Waals surface area contributed by atoms with Crippen molar-refractivity contribution < 1.29 is 13.3 Å². The second kappa shape index (κ2) is 18.4. The molecule has 0 spiro atoms. The van der Waals surface area contributed by atoms with Gasteiger partial charge in [-0.3, -0.25) is 4.40 Å². The van der Waals surface area contributed by atoms with Crippen LogP contribution in [-0.2, 0) is 16.2 Å². The highest BCUT2D eigenvalue weighted by atomic mass is 16.3. The fraction of sp³-hybridized carbons (Fsp3) is 0.136. The van der Waals surface area contributed by atoms with E-state index in [4.69, 9.17) is 13.3 Å². The lowest BCUT2D eigenvalue weighted by Crippen LogP contribution is -2.16. The molecule has 0 atom stereocenters. The van der Waals surface area contributed by atoms with E-state index in [0.717, 1.165) is 106 Å². The van der Waals surface area contributed by atoms with Gasteiger partial charge < -0.3 is 23.1 Å². The molecule has 0 saturated heterocycles. The highest BCUT2D eigenvalue weighted by molar-refractivity contribution is 6.25. The van der Waals surface area contributed by atoms with Crippen molar-refractivity contribution in [1.82, 2.24) is 4.40 Å². The van der Waals surface area contributed by atoms with E-state index in [1.165, 1.54) is 66.5 Å². The number of fused-ring (bicyclic) bond motifs is 16. The standard InChI is InChI=1S/C81H63N3O3/c1-79(2,3)66-26-16-22-58-64-44-54(38-42-69(64)85-76(58)66)82(52-32-28-50(29-33-52)48-18-11-9-12-19-48)56-36-40-60-68(46-56)81(7,8)73-63-25-15-24-62-72-61-41-37-57(47-71(61)87-78(72)84(74(62)63)75(60)73)83(53-34-30-51(31-35-53)49-20-13-10-14-21-49)55-39-43-70-65(45-55)59-23-17-27-67(77(59)86-70)80(4,5)6/h9-47H,1-8H3. The monoisotopic (exact) mass is 1130 g/mol. The van der Waals surface area contributed by atoms with Gasteiger partial charge in [-0.15, -0.1) is 0 Å². The molecule has 0 radical (unpaired) electrons.